The smallest absolute Gasteiger partial charge is 0.251 e. The highest BCUT2D eigenvalue weighted by atomic mass is 35.5. The van der Waals surface area contributed by atoms with Gasteiger partial charge in [0.2, 0.25) is 10.0 Å². The molecule has 2 N–H and O–H groups in total. The molecule has 1 aromatic carbocycles. The minimum absolute atomic E-state index is 0.0654. The quantitative estimate of drug-likeness (QED) is 0.858. The van der Waals surface area contributed by atoms with E-state index in [9.17, 15) is 13.2 Å². The Labute approximate surface area is 128 Å². The van der Waals surface area contributed by atoms with Gasteiger partial charge < -0.3 is 10.1 Å². The highest BCUT2D eigenvalue weighted by Gasteiger charge is 2.17. The van der Waals surface area contributed by atoms with Crippen molar-refractivity contribution in [2.24, 2.45) is 0 Å². The molecular formula is C13H17ClN2O4S. The Balaban J connectivity index is 1.99. The van der Waals surface area contributed by atoms with E-state index in [0.717, 1.165) is 25.7 Å². The highest BCUT2D eigenvalue weighted by molar-refractivity contribution is 7.92. The van der Waals surface area contributed by atoms with Crippen molar-refractivity contribution in [3.63, 3.8) is 0 Å². The van der Waals surface area contributed by atoms with Crippen LogP contribution in [0.2, 0.25) is 5.02 Å². The molecular weight excluding hydrogens is 316 g/mol. The Morgan fingerprint density at radius 2 is 2.24 bits per heavy atom. The first kappa shape index (κ1) is 16.1. The van der Waals surface area contributed by atoms with Crippen LogP contribution in [0.25, 0.3) is 0 Å². The van der Waals surface area contributed by atoms with Crippen LogP contribution in [0.15, 0.2) is 18.2 Å². The number of hydrogen-bond donors (Lipinski definition) is 2. The molecule has 0 bridgehead atoms. The Morgan fingerprint density at radius 3 is 2.81 bits per heavy atom. The fraction of sp³-hybridized carbons (Fsp3) is 0.462. The second-order valence-electron chi connectivity index (χ2n) is 4.91. The predicted octanol–water partition coefficient (Wildman–Crippen LogP) is 1.62. The number of hydrogen-bond acceptors (Lipinski definition) is 4. The molecule has 1 heterocycles. The van der Waals surface area contributed by atoms with Gasteiger partial charge >= 0.3 is 0 Å². The van der Waals surface area contributed by atoms with Crippen LogP contribution in [0.4, 0.5) is 5.69 Å². The maximum atomic E-state index is 12.0. The molecule has 1 unspecified atom stereocenters. The molecule has 1 atom stereocenters. The van der Waals surface area contributed by atoms with Crippen molar-refractivity contribution in [2.75, 3.05) is 24.1 Å². The molecule has 116 valence electrons. The number of anilines is 1. The topological polar surface area (TPSA) is 84.5 Å². The summed E-state index contributed by atoms with van der Waals surface area (Å²) in [5.41, 5.74) is 0.617. The van der Waals surface area contributed by atoms with Crippen LogP contribution in [0.3, 0.4) is 0 Å². The lowest BCUT2D eigenvalue weighted by atomic mass is 10.2. The van der Waals surface area contributed by atoms with E-state index in [0.29, 0.717) is 12.1 Å². The first-order chi connectivity index (χ1) is 9.85. The summed E-state index contributed by atoms with van der Waals surface area (Å²) in [5, 5.41) is 2.95. The Hall–Kier alpha value is -1.31. The van der Waals surface area contributed by atoms with E-state index < -0.39 is 10.0 Å². The van der Waals surface area contributed by atoms with Crippen LogP contribution >= 0.6 is 11.6 Å². The zero-order chi connectivity index (χ0) is 15.5. The van der Waals surface area contributed by atoms with Crippen LogP contribution in [0.5, 0.6) is 0 Å². The Bertz CT molecular complexity index is 627. The van der Waals surface area contributed by atoms with Crippen molar-refractivity contribution in [2.45, 2.75) is 18.9 Å². The number of carbonyl (C=O) groups excluding carboxylic acids is 1. The number of rotatable bonds is 5. The maximum absolute atomic E-state index is 12.0. The first-order valence-electron chi connectivity index (χ1n) is 6.52. The number of amides is 1. The number of carbonyl (C=O) groups is 1. The monoisotopic (exact) mass is 332 g/mol. The van der Waals surface area contributed by atoms with Crippen LogP contribution in [0, 0.1) is 0 Å². The zero-order valence-corrected chi connectivity index (χ0v) is 13.1. The van der Waals surface area contributed by atoms with Crippen molar-refractivity contribution in [3.05, 3.63) is 28.8 Å². The summed E-state index contributed by atoms with van der Waals surface area (Å²) in [6, 6.07) is 4.41. The van der Waals surface area contributed by atoms with Gasteiger partial charge in [0.25, 0.3) is 5.91 Å². The van der Waals surface area contributed by atoms with E-state index in [-0.39, 0.29) is 22.7 Å². The Kier molecular flexibility index (Phi) is 5.08. The predicted molar refractivity (Wildman–Crippen MR) is 81.2 cm³/mol. The standard InChI is InChI=1S/C13H17ClN2O4S/c1-21(18,19)16-12-5-4-9(7-11(12)14)13(17)15-8-10-3-2-6-20-10/h4-5,7,10,16H,2-3,6,8H2,1H3,(H,15,17). The maximum Gasteiger partial charge on any atom is 0.251 e. The summed E-state index contributed by atoms with van der Waals surface area (Å²) >= 11 is 5.98. The van der Waals surface area contributed by atoms with E-state index >= 15 is 0 Å². The van der Waals surface area contributed by atoms with Gasteiger partial charge in [0, 0.05) is 18.7 Å². The van der Waals surface area contributed by atoms with Crippen LogP contribution in [0.1, 0.15) is 23.2 Å². The second-order valence-corrected chi connectivity index (χ2v) is 7.07. The lowest BCUT2D eigenvalue weighted by Crippen LogP contribution is -2.31. The van der Waals surface area contributed by atoms with Gasteiger partial charge in [0.15, 0.2) is 0 Å². The molecule has 0 spiro atoms. The van der Waals surface area contributed by atoms with Crippen molar-refractivity contribution in [1.82, 2.24) is 5.32 Å². The van der Waals surface area contributed by atoms with E-state index in [2.05, 4.69) is 10.0 Å². The van der Waals surface area contributed by atoms with Crippen molar-refractivity contribution < 1.29 is 17.9 Å². The third-order valence-corrected chi connectivity index (χ3v) is 3.94. The molecule has 1 aromatic rings. The molecule has 0 saturated carbocycles. The lowest BCUT2D eigenvalue weighted by molar-refractivity contribution is 0.0858. The number of benzene rings is 1. The van der Waals surface area contributed by atoms with E-state index in [1.54, 1.807) is 0 Å². The van der Waals surface area contributed by atoms with Crippen LogP contribution in [-0.4, -0.2) is 39.8 Å². The molecule has 0 aromatic heterocycles. The fourth-order valence-corrected chi connectivity index (χ4v) is 2.91. The van der Waals surface area contributed by atoms with E-state index in [1.165, 1.54) is 18.2 Å². The van der Waals surface area contributed by atoms with Gasteiger partial charge in [-0.2, -0.15) is 0 Å². The minimum atomic E-state index is -3.41. The van der Waals surface area contributed by atoms with Crippen LogP contribution < -0.4 is 10.0 Å². The molecule has 21 heavy (non-hydrogen) atoms. The van der Waals surface area contributed by atoms with Gasteiger partial charge in [-0.3, -0.25) is 9.52 Å². The number of ether oxygens (including phenoxy) is 1. The Morgan fingerprint density at radius 1 is 1.48 bits per heavy atom. The summed E-state index contributed by atoms with van der Waals surface area (Å²) in [6.45, 7) is 1.19. The molecule has 1 aliphatic rings. The summed E-state index contributed by atoms with van der Waals surface area (Å²) in [6.07, 6.45) is 3.05. The number of halogens is 1. The molecule has 1 saturated heterocycles. The summed E-state index contributed by atoms with van der Waals surface area (Å²) in [4.78, 5) is 12.0. The largest absolute Gasteiger partial charge is 0.376 e. The minimum Gasteiger partial charge on any atom is -0.376 e. The molecule has 1 aliphatic heterocycles. The average molecular weight is 333 g/mol. The first-order valence-corrected chi connectivity index (χ1v) is 8.79. The van der Waals surface area contributed by atoms with Crippen molar-refractivity contribution >= 4 is 33.2 Å². The van der Waals surface area contributed by atoms with Crippen LogP contribution in [-0.2, 0) is 14.8 Å². The van der Waals surface area contributed by atoms with E-state index in [1.807, 2.05) is 0 Å². The number of sulfonamides is 1. The van der Waals surface area contributed by atoms with Gasteiger partial charge in [-0.1, -0.05) is 11.6 Å². The molecule has 1 fully saturated rings. The second kappa shape index (κ2) is 6.64. The average Bonchev–Trinajstić information content (AvgIpc) is 2.90. The summed E-state index contributed by atoms with van der Waals surface area (Å²) in [7, 11) is -3.41. The number of nitrogens with one attached hydrogen (secondary N) is 2. The normalized spacial score (nSPS) is 18.5. The van der Waals surface area contributed by atoms with Crippen molar-refractivity contribution in [1.29, 1.82) is 0 Å². The molecule has 2 rings (SSSR count). The van der Waals surface area contributed by atoms with E-state index in [4.69, 9.17) is 16.3 Å². The molecule has 8 heteroatoms. The zero-order valence-electron chi connectivity index (χ0n) is 11.6. The molecule has 1 amide bonds. The lowest BCUT2D eigenvalue weighted by Gasteiger charge is -2.12. The van der Waals surface area contributed by atoms with Gasteiger partial charge in [0.05, 0.1) is 23.1 Å². The third kappa shape index (κ3) is 4.87. The molecule has 0 radical (unpaired) electrons. The van der Waals surface area contributed by atoms with Gasteiger partial charge in [-0.05, 0) is 31.0 Å². The summed E-state index contributed by atoms with van der Waals surface area (Å²) in [5.74, 6) is -0.265. The van der Waals surface area contributed by atoms with Gasteiger partial charge in [0.1, 0.15) is 0 Å². The van der Waals surface area contributed by atoms with Gasteiger partial charge in [-0.15, -0.1) is 0 Å². The molecule has 0 aliphatic carbocycles. The highest BCUT2D eigenvalue weighted by Crippen LogP contribution is 2.24. The fourth-order valence-electron chi connectivity index (χ4n) is 2.05. The SMILES string of the molecule is CS(=O)(=O)Nc1ccc(C(=O)NCC2CCCO2)cc1Cl. The van der Waals surface area contributed by atoms with Gasteiger partial charge in [-0.25, -0.2) is 8.42 Å². The third-order valence-electron chi connectivity index (χ3n) is 3.04. The van der Waals surface area contributed by atoms with Crippen molar-refractivity contribution in [3.8, 4) is 0 Å². The molecule has 6 nitrogen and oxygen atoms in total. The summed E-state index contributed by atoms with van der Waals surface area (Å²) < 4.78 is 30.0.